The molecule has 0 radical (unpaired) electrons. The number of rotatable bonds is 5. The van der Waals surface area contributed by atoms with Crippen LogP contribution in [0.15, 0.2) is 53.4 Å². The monoisotopic (exact) mass is 428 g/mol. The predicted octanol–water partition coefficient (Wildman–Crippen LogP) is 4.99. The Morgan fingerprint density at radius 2 is 2.04 bits per heavy atom. The lowest BCUT2D eigenvalue weighted by molar-refractivity contribution is -0.121. The smallest absolute Gasteiger partial charge is 0.238 e. The first-order valence-corrected chi connectivity index (χ1v) is 9.99. The molecule has 146 valence electrons. The summed E-state index contributed by atoms with van der Waals surface area (Å²) in [7, 11) is 0. The van der Waals surface area contributed by atoms with Crippen LogP contribution < -0.4 is 10.6 Å². The molecule has 7 heteroatoms. The third-order valence-corrected chi connectivity index (χ3v) is 5.99. The number of halogens is 3. The van der Waals surface area contributed by atoms with Crippen molar-refractivity contribution in [2.75, 3.05) is 6.54 Å². The molecule has 3 rings (SSSR count). The normalized spacial score (nSPS) is 20.4. The largest absolute Gasteiger partial charge is 0.352 e. The van der Waals surface area contributed by atoms with Gasteiger partial charge in [0.15, 0.2) is 0 Å². The highest BCUT2D eigenvalue weighted by atomic mass is 35.5. The van der Waals surface area contributed by atoms with E-state index in [-0.39, 0.29) is 29.4 Å². The summed E-state index contributed by atoms with van der Waals surface area (Å²) >= 11 is 7.28. The van der Waals surface area contributed by atoms with Crippen LogP contribution in [0.3, 0.4) is 0 Å². The maximum Gasteiger partial charge on any atom is 0.238 e. The quantitative estimate of drug-likeness (QED) is 0.658. The molecule has 0 aliphatic carbocycles. The molecule has 1 fully saturated rings. The zero-order chi connectivity index (χ0) is 18.5. The maximum absolute atomic E-state index is 13.4. The Balaban J connectivity index is 0.00000261. The molecule has 1 aliphatic rings. The molecule has 2 aromatic rings. The van der Waals surface area contributed by atoms with Crippen LogP contribution in [0.4, 0.5) is 4.39 Å². The van der Waals surface area contributed by atoms with Crippen LogP contribution in [0.25, 0.3) is 0 Å². The van der Waals surface area contributed by atoms with Crippen LogP contribution in [-0.4, -0.2) is 24.5 Å². The zero-order valence-electron chi connectivity index (χ0n) is 15.0. The van der Waals surface area contributed by atoms with Gasteiger partial charge in [0.25, 0.3) is 0 Å². The highest BCUT2D eigenvalue weighted by Crippen LogP contribution is 2.37. The van der Waals surface area contributed by atoms with Crippen LogP contribution in [0.2, 0.25) is 5.02 Å². The summed E-state index contributed by atoms with van der Waals surface area (Å²) in [5, 5.41) is 6.23. The second-order valence-corrected chi connectivity index (χ2v) is 8.16. The van der Waals surface area contributed by atoms with Crippen molar-refractivity contribution in [1.82, 2.24) is 10.6 Å². The van der Waals surface area contributed by atoms with Crippen LogP contribution in [0.1, 0.15) is 30.6 Å². The lowest BCUT2D eigenvalue weighted by Gasteiger charge is -2.30. The average Bonchev–Trinajstić information content (AvgIpc) is 2.63. The van der Waals surface area contributed by atoms with Crippen LogP contribution in [0, 0.1) is 5.82 Å². The second kappa shape index (κ2) is 10.3. The van der Waals surface area contributed by atoms with Gasteiger partial charge in [-0.3, -0.25) is 4.79 Å². The molecule has 1 aliphatic heterocycles. The van der Waals surface area contributed by atoms with E-state index in [2.05, 4.69) is 17.6 Å². The van der Waals surface area contributed by atoms with Gasteiger partial charge in [-0.05, 0) is 50.1 Å². The standard InChI is InChI=1S/C20H22ClFN2OS.ClH/c1-13-11-15(9-10-23-13)24-20(25)19(14-5-3-2-4-6-14)26-16-7-8-18(22)17(21)12-16;/h2-8,12-13,15,19,23H,9-11H2,1H3,(H,24,25);1H. The summed E-state index contributed by atoms with van der Waals surface area (Å²) in [4.78, 5) is 13.8. The Morgan fingerprint density at radius 3 is 2.70 bits per heavy atom. The number of carbonyl (C=O) groups excluding carboxylic acids is 1. The Bertz CT molecular complexity index is 763. The SMILES string of the molecule is CC1CC(NC(=O)C(Sc2ccc(F)c(Cl)c2)c2ccccc2)CCN1.Cl. The molecule has 0 bridgehead atoms. The molecule has 1 heterocycles. The summed E-state index contributed by atoms with van der Waals surface area (Å²) in [5.41, 5.74) is 0.914. The third-order valence-electron chi connectivity index (χ3n) is 4.46. The van der Waals surface area contributed by atoms with Crippen LogP contribution >= 0.6 is 35.8 Å². The van der Waals surface area contributed by atoms with E-state index in [9.17, 15) is 9.18 Å². The van der Waals surface area contributed by atoms with Crippen molar-refractivity contribution in [3.63, 3.8) is 0 Å². The fraction of sp³-hybridized carbons (Fsp3) is 0.350. The minimum absolute atomic E-state index is 0. The summed E-state index contributed by atoms with van der Waals surface area (Å²) in [6.45, 7) is 3.03. The summed E-state index contributed by atoms with van der Waals surface area (Å²) in [6, 6.07) is 14.8. The van der Waals surface area contributed by atoms with Gasteiger partial charge in [-0.2, -0.15) is 0 Å². The third kappa shape index (κ3) is 6.11. The number of hydrogen-bond donors (Lipinski definition) is 2. The number of hydrogen-bond acceptors (Lipinski definition) is 3. The van der Waals surface area contributed by atoms with Gasteiger partial charge in [0, 0.05) is 17.0 Å². The molecular weight excluding hydrogens is 406 g/mol. The van der Waals surface area contributed by atoms with Crippen molar-refractivity contribution in [2.24, 2.45) is 0 Å². The average molecular weight is 429 g/mol. The van der Waals surface area contributed by atoms with Gasteiger partial charge in [-0.1, -0.05) is 41.9 Å². The fourth-order valence-electron chi connectivity index (χ4n) is 3.13. The van der Waals surface area contributed by atoms with Crippen LogP contribution in [0.5, 0.6) is 0 Å². The molecule has 3 nitrogen and oxygen atoms in total. The Hall–Kier alpha value is -1.27. The van der Waals surface area contributed by atoms with Gasteiger partial charge in [0.2, 0.25) is 5.91 Å². The summed E-state index contributed by atoms with van der Waals surface area (Å²) in [5.74, 6) is -0.485. The van der Waals surface area contributed by atoms with Crippen molar-refractivity contribution in [2.45, 2.75) is 42.0 Å². The summed E-state index contributed by atoms with van der Waals surface area (Å²) in [6.07, 6.45) is 1.84. The minimum atomic E-state index is -0.458. The summed E-state index contributed by atoms with van der Waals surface area (Å²) < 4.78 is 13.4. The number of amides is 1. The number of nitrogens with one attached hydrogen (secondary N) is 2. The molecule has 0 aromatic heterocycles. The second-order valence-electron chi connectivity index (χ2n) is 6.57. The first-order chi connectivity index (χ1) is 12.5. The van der Waals surface area contributed by atoms with Gasteiger partial charge in [0.05, 0.1) is 5.02 Å². The molecule has 27 heavy (non-hydrogen) atoms. The van der Waals surface area contributed by atoms with E-state index in [1.54, 1.807) is 12.1 Å². The number of piperidine rings is 1. The lowest BCUT2D eigenvalue weighted by atomic mass is 10.00. The van der Waals surface area contributed by atoms with E-state index in [0.29, 0.717) is 6.04 Å². The fourth-order valence-corrected chi connectivity index (χ4v) is 4.45. The first-order valence-electron chi connectivity index (χ1n) is 8.73. The van der Waals surface area contributed by atoms with E-state index in [4.69, 9.17) is 11.6 Å². The van der Waals surface area contributed by atoms with Gasteiger partial charge in [-0.15, -0.1) is 24.2 Å². The van der Waals surface area contributed by atoms with Gasteiger partial charge < -0.3 is 10.6 Å². The Morgan fingerprint density at radius 1 is 1.30 bits per heavy atom. The van der Waals surface area contributed by atoms with Crippen molar-refractivity contribution in [3.8, 4) is 0 Å². The molecule has 1 amide bonds. The predicted molar refractivity (Wildman–Crippen MR) is 112 cm³/mol. The van der Waals surface area contributed by atoms with Crippen molar-refractivity contribution in [1.29, 1.82) is 0 Å². The van der Waals surface area contributed by atoms with Gasteiger partial charge >= 0.3 is 0 Å². The zero-order valence-corrected chi connectivity index (χ0v) is 17.3. The molecule has 2 aromatic carbocycles. The first kappa shape index (κ1) is 22.0. The molecule has 3 atom stereocenters. The van der Waals surface area contributed by atoms with Crippen molar-refractivity contribution in [3.05, 3.63) is 64.9 Å². The number of carbonyl (C=O) groups is 1. The Labute approximate surface area is 174 Å². The van der Waals surface area contributed by atoms with Gasteiger partial charge in [-0.25, -0.2) is 4.39 Å². The highest BCUT2D eigenvalue weighted by molar-refractivity contribution is 8.00. The topological polar surface area (TPSA) is 41.1 Å². The van der Waals surface area contributed by atoms with E-state index < -0.39 is 11.1 Å². The number of thioether (sulfide) groups is 1. The Kier molecular flexibility index (Phi) is 8.42. The van der Waals surface area contributed by atoms with E-state index in [0.717, 1.165) is 29.8 Å². The minimum Gasteiger partial charge on any atom is -0.352 e. The highest BCUT2D eigenvalue weighted by Gasteiger charge is 2.26. The van der Waals surface area contributed by atoms with Gasteiger partial charge in [0.1, 0.15) is 11.1 Å². The molecule has 1 saturated heterocycles. The van der Waals surface area contributed by atoms with Crippen molar-refractivity contribution < 1.29 is 9.18 Å². The molecule has 3 unspecified atom stereocenters. The van der Waals surface area contributed by atoms with E-state index in [1.165, 1.54) is 17.8 Å². The number of benzene rings is 2. The van der Waals surface area contributed by atoms with Crippen LogP contribution in [-0.2, 0) is 4.79 Å². The molecular formula is C20H23Cl2FN2OS. The van der Waals surface area contributed by atoms with E-state index >= 15 is 0 Å². The molecule has 0 saturated carbocycles. The van der Waals surface area contributed by atoms with E-state index in [1.807, 2.05) is 30.3 Å². The molecule has 2 N–H and O–H groups in total. The maximum atomic E-state index is 13.4. The lowest BCUT2D eigenvalue weighted by Crippen LogP contribution is -2.47. The van der Waals surface area contributed by atoms with Crippen molar-refractivity contribution >= 4 is 41.7 Å². The molecule has 0 spiro atoms.